The Kier molecular flexibility index (Phi) is 4.95. The number of rotatable bonds is 5. The van der Waals surface area contributed by atoms with Crippen LogP contribution in [0.1, 0.15) is 26.3 Å². The zero-order valence-corrected chi connectivity index (χ0v) is 13.4. The summed E-state index contributed by atoms with van der Waals surface area (Å²) >= 11 is 0. The standard InChI is InChI=1S/C22H15FO2/c23-19-13-11-17(12-14-19)21(24)15-20(16-7-3-1-4-8-16)22(25)18-9-5-2-6-10-18/h1-15H/b20-15+. The van der Waals surface area contributed by atoms with E-state index in [1.165, 1.54) is 30.3 Å². The third-order valence-electron chi connectivity index (χ3n) is 3.77. The van der Waals surface area contributed by atoms with Crippen molar-refractivity contribution in [3.63, 3.8) is 0 Å². The molecule has 0 saturated heterocycles. The SMILES string of the molecule is O=C(/C=C(/C(=O)c1ccccc1)c1ccccc1)c1ccc(F)cc1. The molecule has 3 heteroatoms. The molecule has 0 aliphatic carbocycles. The van der Waals surface area contributed by atoms with Gasteiger partial charge < -0.3 is 0 Å². The number of carbonyl (C=O) groups is 2. The Balaban J connectivity index is 2.03. The third kappa shape index (κ3) is 3.96. The average Bonchev–Trinajstić information content (AvgIpc) is 2.67. The number of hydrogen-bond acceptors (Lipinski definition) is 2. The Morgan fingerprint density at radius 3 is 1.72 bits per heavy atom. The molecule has 3 aromatic carbocycles. The number of Topliss-reactive ketones (excluding diaryl/α,β-unsaturated/α-hetero) is 1. The van der Waals surface area contributed by atoms with Crippen molar-refractivity contribution in [2.45, 2.75) is 0 Å². The maximum absolute atomic E-state index is 13.0. The normalized spacial score (nSPS) is 11.2. The molecular weight excluding hydrogens is 315 g/mol. The summed E-state index contributed by atoms with van der Waals surface area (Å²) in [6.07, 6.45) is 1.32. The van der Waals surface area contributed by atoms with E-state index in [0.717, 1.165) is 0 Å². The highest BCUT2D eigenvalue weighted by Gasteiger charge is 2.16. The van der Waals surface area contributed by atoms with Gasteiger partial charge in [0.1, 0.15) is 5.82 Å². The molecule has 0 fully saturated rings. The summed E-state index contributed by atoms with van der Waals surface area (Å²) in [6.45, 7) is 0. The Bertz CT molecular complexity index is 911. The fourth-order valence-corrected chi connectivity index (χ4v) is 2.47. The topological polar surface area (TPSA) is 34.1 Å². The summed E-state index contributed by atoms with van der Waals surface area (Å²) in [7, 11) is 0. The van der Waals surface area contributed by atoms with Crippen LogP contribution in [0.15, 0.2) is 91.0 Å². The highest BCUT2D eigenvalue weighted by Crippen LogP contribution is 2.21. The highest BCUT2D eigenvalue weighted by molar-refractivity contribution is 6.32. The van der Waals surface area contributed by atoms with Gasteiger partial charge in [-0.2, -0.15) is 0 Å². The van der Waals surface area contributed by atoms with E-state index >= 15 is 0 Å². The molecule has 0 radical (unpaired) electrons. The minimum Gasteiger partial charge on any atom is -0.289 e. The molecule has 0 amide bonds. The van der Waals surface area contributed by atoms with Gasteiger partial charge in [0.25, 0.3) is 0 Å². The van der Waals surface area contributed by atoms with Crippen molar-refractivity contribution in [1.82, 2.24) is 0 Å². The van der Waals surface area contributed by atoms with Crippen LogP contribution in [-0.2, 0) is 0 Å². The van der Waals surface area contributed by atoms with E-state index in [4.69, 9.17) is 0 Å². The Hall–Kier alpha value is -3.33. The zero-order chi connectivity index (χ0) is 17.6. The van der Waals surface area contributed by atoms with Gasteiger partial charge in [-0.25, -0.2) is 4.39 Å². The lowest BCUT2D eigenvalue weighted by Gasteiger charge is -2.07. The molecule has 2 nitrogen and oxygen atoms in total. The van der Waals surface area contributed by atoms with Crippen LogP contribution in [0.5, 0.6) is 0 Å². The predicted molar refractivity (Wildman–Crippen MR) is 95.9 cm³/mol. The van der Waals surface area contributed by atoms with Crippen molar-refractivity contribution in [2.24, 2.45) is 0 Å². The van der Waals surface area contributed by atoms with Gasteiger partial charge in [0.2, 0.25) is 0 Å². The molecule has 0 atom stereocenters. The van der Waals surface area contributed by atoms with E-state index in [1.54, 1.807) is 36.4 Å². The Morgan fingerprint density at radius 1 is 0.640 bits per heavy atom. The quantitative estimate of drug-likeness (QED) is 0.489. The van der Waals surface area contributed by atoms with Crippen LogP contribution < -0.4 is 0 Å². The largest absolute Gasteiger partial charge is 0.289 e. The Labute approximate surface area is 145 Å². The summed E-state index contributed by atoms with van der Waals surface area (Å²) in [6, 6.07) is 23.1. The molecule has 0 N–H and O–H groups in total. The van der Waals surface area contributed by atoms with E-state index in [-0.39, 0.29) is 11.6 Å². The molecule has 0 aromatic heterocycles. The lowest BCUT2D eigenvalue weighted by atomic mass is 9.94. The molecule has 0 aliphatic heterocycles. The van der Waals surface area contributed by atoms with Crippen LogP contribution in [0.3, 0.4) is 0 Å². The molecule has 0 unspecified atom stereocenters. The van der Waals surface area contributed by atoms with Gasteiger partial charge >= 0.3 is 0 Å². The van der Waals surface area contributed by atoms with Crippen molar-refractivity contribution in [3.05, 3.63) is 114 Å². The highest BCUT2D eigenvalue weighted by atomic mass is 19.1. The van der Waals surface area contributed by atoms with E-state index in [1.807, 2.05) is 24.3 Å². The van der Waals surface area contributed by atoms with Crippen LogP contribution in [0.4, 0.5) is 4.39 Å². The van der Waals surface area contributed by atoms with Gasteiger partial charge in [0.15, 0.2) is 11.6 Å². The summed E-state index contributed by atoms with van der Waals surface area (Å²) in [5.41, 5.74) is 1.80. The van der Waals surface area contributed by atoms with E-state index < -0.39 is 5.82 Å². The van der Waals surface area contributed by atoms with Crippen molar-refractivity contribution in [2.75, 3.05) is 0 Å². The molecule has 0 spiro atoms. The minimum atomic E-state index is -0.413. The molecule has 0 saturated carbocycles. The molecule has 0 aliphatic rings. The lowest BCUT2D eigenvalue weighted by Crippen LogP contribution is -2.06. The maximum Gasteiger partial charge on any atom is 0.193 e. The molecule has 3 rings (SSSR count). The fourth-order valence-electron chi connectivity index (χ4n) is 2.47. The summed E-state index contributed by atoms with van der Waals surface area (Å²) < 4.78 is 13.0. The number of ketones is 2. The second kappa shape index (κ2) is 7.49. The van der Waals surface area contributed by atoms with Gasteiger partial charge in [0.05, 0.1) is 0 Å². The summed E-state index contributed by atoms with van der Waals surface area (Å²) in [5, 5.41) is 0. The smallest absolute Gasteiger partial charge is 0.193 e. The number of allylic oxidation sites excluding steroid dienone is 2. The van der Waals surface area contributed by atoms with Gasteiger partial charge in [-0.15, -0.1) is 0 Å². The number of benzene rings is 3. The Morgan fingerprint density at radius 2 is 1.16 bits per heavy atom. The molecule has 0 bridgehead atoms. The first-order valence-corrected chi connectivity index (χ1v) is 7.82. The van der Waals surface area contributed by atoms with Crippen molar-refractivity contribution in [3.8, 4) is 0 Å². The zero-order valence-electron chi connectivity index (χ0n) is 13.4. The predicted octanol–water partition coefficient (Wildman–Crippen LogP) is 4.97. The van der Waals surface area contributed by atoms with Crippen molar-refractivity contribution < 1.29 is 14.0 Å². The van der Waals surface area contributed by atoms with Crippen LogP contribution in [0.25, 0.3) is 5.57 Å². The van der Waals surface area contributed by atoms with Crippen LogP contribution in [-0.4, -0.2) is 11.6 Å². The summed E-state index contributed by atoms with van der Waals surface area (Å²) in [4.78, 5) is 25.4. The van der Waals surface area contributed by atoms with Crippen molar-refractivity contribution in [1.29, 1.82) is 0 Å². The van der Waals surface area contributed by atoms with E-state index in [9.17, 15) is 14.0 Å². The molecule has 0 heterocycles. The fraction of sp³-hybridized carbons (Fsp3) is 0. The van der Waals surface area contributed by atoms with Gasteiger partial charge in [-0.05, 0) is 35.9 Å². The van der Waals surface area contributed by atoms with E-state index in [0.29, 0.717) is 22.3 Å². The molecular formula is C22H15FO2. The second-order valence-corrected chi connectivity index (χ2v) is 5.49. The third-order valence-corrected chi connectivity index (χ3v) is 3.77. The van der Waals surface area contributed by atoms with E-state index in [2.05, 4.69) is 0 Å². The monoisotopic (exact) mass is 330 g/mol. The van der Waals surface area contributed by atoms with Crippen LogP contribution in [0.2, 0.25) is 0 Å². The summed E-state index contributed by atoms with van der Waals surface area (Å²) in [5.74, 6) is -0.991. The molecule has 25 heavy (non-hydrogen) atoms. The maximum atomic E-state index is 13.0. The minimum absolute atomic E-state index is 0.234. The van der Waals surface area contributed by atoms with Crippen molar-refractivity contribution >= 4 is 17.1 Å². The van der Waals surface area contributed by atoms with Gasteiger partial charge in [-0.1, -0.05) is 60.7 Å². The molecule has 3 aromatic rings. The number of halogens is 1. The lowest BCUT2D eigenvalue weighted by molar-refractivity contribution is 0.102. The van der Waals surface area contributed by atoms with Crippen LogP contribution >= 0.6 is 0 Å². The first-order valence-electron chi connectivity index (χ1n) is 7.82. The second-order valence-electron chi connectivity index (χ2n) is 5.49. The van der Waals surface area contributed by atoms with Crippen LogP contribution in [0, 0.1) is 5.82 Å². The molecule has 122 valence electrons. The average molecular weight is 330 g/mol. The van der Waals surface area contributed by atoms with Gasteiger partial charge in [-0.3, -0.25) is 9.59 Å². The number of carbonyl (C=O) groups excluding carboxylic acids is 2. The first kappa shape index (κ1) is 16.5. The van der Waals surface area contributed by atoms with Gasteiger partial charge in [0, 0.05) is 16.7 Å². The first-order chi connectivity index (χ1) is 12.1. The number of hydrogen-bond donors (Lipinski definition) is 0.